The molecule has 5 heteroatoms. The molecule has 0 aliphatic heterocycles. The third kappa shape index (κ3) is 2.57. The number of ether oxygens (including phenoxy) is 1. The Morgan fingerprint density at radius 2 is 2.28 bits per heavy atom. The van der Waals surface area contributed by atoms with Gasteiger partial charge in [-0.3, -0.25) is 4.57 Å². The maximum absolute atomic E-state index is 11.6. The van der Waals surface area contributed by atoms with E-state index in [0.717, 1.165) is 16.9 Å². The topological polar surface area (TPSA) is 70.1 Å². The molecule has 0 saturated carbocycles. The van der Waals surface area contributed by atoms with Gasteiger partial charge in [-0.25, -0.2) is 9.78 Å². The molecule has 0 spiro atoms. The first kappa shape index (κ1) is 12.3. The lowest BCUT2D eigenvalue weighted by atomic mass is 10.1. The largest absolute Gasteiger partial charge is 0.496 e. The van der Waals surface area contributed by atoms with Gasteiger partial charge in [-0.1, -0.05) is 6.07 Å². The molecule has 1 heterocycles. The molecular formula is C13H15N3O2. The Hall–Kier alpha value is -2.14. The van der Waals surface area contributed by atoms with E-state index in [1.54, 1.807) is 19.4 Å². The van der Waals surface area contributed by atoms with Crippen LogP contribution in [0.25, 0.3) is 0 Å². The summed E-state index contributed by atoms with van der Waals surface area (Å²) in [6.45, 7) is 0.878. The van der Waals surface area contributed by atoms with Gasteiger partial charge < -0.3 is 10.5 Å². The van der Waals surface area contributed by atoms with Gasteiger partial charge in [-0.05, 0) is 23.8 Å². The Balaban J connectivity index is 2.38. The fourth-order valence-electron chi connectivity index (χ4n) is 1.77. The molecule has 0 unspecified atom stereocenters. The first-order valence-corrected chi connectivity index (χ1v) is 5.62. The molecule has 2 N–H and O–H groups in total. The van der Waals surface area contributed by atoms with Crippen molar-refractivity contribution in [2.45, 2.75) is 13.1 Å². The SMILES string of the molecule is COc1ccc(CN)cc1Cn1cccnc1=O. The summed E-state index contributed by atoms with van der Waals surface area (Å²) in [7, 11) is 1.60. The molecule has 1 aromatic heterocycles. The molecule has 0 atom stereocenters. The lowest BCUT2D eigenvalue weighted by Gasteiger charge is -2.11. The predicted molar refractivity (Wildman–Crippen MR) is 68.5 cm³/mol. The highest BCUT2D eigenvalue weighted by molar-refractivity contribution is 5.37. The van der Waals surface area contributed by atoms with Crippen molar-refractivity contribution in [3.63, 3.8) is 0 Å². The summed E-state index contributed by atoms with van der Waals surface area (Å²) >= 11 is 0. The Bertz CT molecular complexity index is 593. The fourth-order valence-corrected chi connectivity index (χ4v) is 1.77. The van der Waals surface area contributed by atoms with Gasteiger partial charge in [0.2, 0.25) is 0 Å². The maximum atomic E-state index is 11.6. The van der Waals surface area contributed by atoms with Gasteiger partial charge in [0.15, 0.2) is 0 Å². The van der Waals surface area contributed by atoms with Crippen LogP contribution in [0.5, 0.6) is 5.75 Å². The van der Waals surface area contributed by atoms with Crippen molar-refractivity contribution in [1.29, 1.82) is 0 Å². The van der Waals surface area contributed by atoms with Crippen molar-refractivity contribution < 1.29 is 4.74 Å². The molecule has 0 saturated heterocycles. The highest BCUT2D eigenvalue weighted by atomic mass is 16.5. The Morgan fingerprint density at radius 1 is 1.44 bits per heavy atom. The first-order chi connectivity index (χ1) is 8.74. The Labute approximate surface area is 105 Å². The highest BCUT2D eigenvalue weighted by Gasteiger charge is 2.06. The second kappa shape index (κ2) is 5.46. The van der Waals surface area contributed by atoms with E-state index in [4.69, 9.17) is 10.5 Å². The maximum Gasteiger partial charge on any atom is 0.347 e. The highest BCUT2D eigenvalue weighted by Crippen LogP contribution is 2.20. The second-order valence-corrected chi connectivity index (χ2v) is 3.88. The third-order valence-corrected chi connectivity index (χ3v) is 2.70. The molecule has 0 aliphatic carbocycles. The zero-order chi connectivity index (χ0) is 13.0. The molecule has 0 fully saturated rings. The number of methoxy groups -OCH3 is 1. The minimum Gasteiger partial charge on any atom is -0.496 e. The summed E-state index contributed by atoms with van der Waals surface area (Å²) in [4.78, 5) is 15.3. The van der Waals surface area contributed by atoms with Crippen molar-refractivity contribution in [3.8, 4) is 5.75 Å². The molecule has 0 bridgehead atoms. The third-order valence-electron chi connectivity index (χ3n) is 2.70. The molecule has 94 valence electrons. The summed E-state index contributed by atoms with van der Waals surface area (Å²) < 4.78 is 6.81. The molecular weight excluding hydrogens is 230 g/mol. The van der Waals surface area contributed by atoms with Crippen LogP contribution in [-0.4, -0.2) is 16.7 Å². The number of nitrogens with zero attached hydrogens (tertiary/aromatic N) is 2. The van der Waals surface area contributed by atoms with Gasteiger partial charge in [0.25, 0.3) is 0 Å². The van der Waals surface area contributed by atoms with Crippen LogP contribution in [0.2, 0.25) is 0 Å². The standard InChI is InChI=1S/C13H15N3O2/c1-18-12-4-3-10(8-14)7-11(12)9-16-6-2-5-15-13(16)17/h2-7H,8-9,14H2,1H3. The molecule has 0 radical (unpaired) electrons. The monoisotopic (exact) mass is 245 g/mol. The second-order valence-electron chi connectivity index (χ2n) is 3.88. The van der Waals surface area contributed by atoms with Crippen LogP contribution in [0.15, 0.2) is 41.5 Å². The minimum atomic E-state index is -0.280. The van der Waals surface area contributed by atoms with Gasteiger partial charge in [-0.2, -0.15) is 0 Å². The van der Waals surface area contributed by atoms with Crippen LogP contribution in [0.4, 0.5) is 0 Å². The van der Waals surface area contributed by atoms with E-state index in [2.05, 4.69) is 4.98 Å². The smallest absolute Gasteiger partial charge is 0.347 e. The Morgan fingerprint density at radius 3 is 2.94 bits per heavy atom. The molecule has 1 aromatic carbocycles. The lowest BCUT2D eigenvalue weighted by molar-refractivity contribution is 0.407. The van der Waals surface area contributed by atoms with E-state index in [0.29, 0.717) is 13.1 Å². The van der Waals surface area contributed by atoms with Crippen molar-refractivity contribution in [1.82, 2.24) is 9.55 Å². The van der Waals surface area contributed by atoms with E-state index in [1.807, 2.05) is 18.2 Å². The van der Waals surface area contributed by atoms with Crippen LogP contribution in [0, 0.1) is 0 Å². The van der Waals surface area contributed by atoms with Crippen LogP contribution < -0.4 is 16.2 Å². The molecule has 2 rings (SSSR count). The van der Waals surface area contributed by atoms with Crippen molar-refractivity contribution in [2.24, 2.45) is 5.73 Å². The lowest BCUT2D eigenvalue weighted by Crippen LogP contribution is -2.22. The van der Waals surface area contributed by atoms with Crippen molar-refractivity contribution in [2.75, 3.05) is 7.11 Å². The zero-order valence-electron chi connectivity index (χ0n) is 10.2. The van der Waals surface area contributed by atoms with Crippen molar-refractivity contribution in [3.05, 3.63) is 58.3 Å². The van der Waals surface area contributed by atoms with Gasteiger partial charge in [0.1, 0.15) is 5.75 Å². The van der Waals surface area contributed by atoms with Crippen LogP contribution >= 0.6 is 0 Å². The number of hydrogen-bond donors (Lipinski definition) is 1. The number of rotatable bonds is 4. The zero-order valence-corrected chi connectivity index (χ0v) is 10.2. The van der Waals surface area contributed by atoms with Gasteiger partial charge in [0.05, 0.1) is 13.7 Å². The number of benzene rings is 1. The average molecular weight is 245 g/mol. The summed E-state index contributed by atoms with van der Waals surface area (Å²) in [5, 5.41) is 0. The van der Waals surface area contributed by atoms with E-state index in [9.17, 15) is 4.79 Å². The fraction of sp³-hybridized carbons (Fsp3) is 0.231. The molecule has 18 heavy (non-hydrogen) atoms. The van der Waals surface area contributed by atoms with E-state index < -0.39 is 0 Å². The van der Waals surface area contributed by atoms with Crippen LogP contribution in [0.3, 0.4) is 0 Å². The predicted octanol–water partition coefficient (Wildman–Crippen LogP) is 0.759. The molecule has 2 aromatic rings. The summed E-state index contributed by atoms with van der Waals surface area (Å²) in [5.41, 5.74) is 7.25. The average Bonchev–Trinajstić information content (AvgIpc) is 2.41. The quantitative estimate of drug-likeness (QED) is 0.863. The Kier molecular flexibility index (Phi) is 3.74. The van der Waals surface area contributed by atoms with E-state index >= 15 is 0 Å². The number of nitrogens with two attached hydrogens (primary N) is 1. The van der Waals surface area contributed by atoms with E-state index in [1.165, 1.54) is 10.8 Å². The molecule has 0 amide bonds. The van der Waals surface area contributed by atoms with E-state index in [-0.39, 0.29) is 5.69 Å². The number of aromatic nitrogens is 2. The summed E-state index contributed by atoms with van der Waals surface area (Å²) in [5.74, 6) is 0.739. The first-order valence-electron chi connectivity index (χ1n) is 5.62. The number of hydrogen-bond acceptors (Lipinski definition) is 4. The van der Waals surface area contributed by atoms with Gasteiger partial charge in [0, 0.05) is 24.5 Å². The minimum absolute atomic E-state index is 0.280. The van der Waals surface area contributed by atoms with Gasteiger partial charge >= 0.3 is 5.69 Å². The normalized spacial score (nSPS) is 10.3. The van der Waals surface area contributed by atoms with Crippen LogP contribution in [-0.2, 0) is 13.1 Å². The summed E-state index contributed by atoms with van der Waals surface area (Å²) in [6, 6.07) is 7.44. The molecule has 5 nitrogen and oxygen atoms in total. The molecule has 0 aliphatic rings. The van der Waals surface area contributed by atoms with Crippen LogP contribution in [0.1, 0.15) is 11.1 Å². The summed E-state index contributed by atoms with van der Waals surface area (Å²) in [6.07, 6.45) is 3.18. The van der Waals surface area contributed by atoms with Gasteiger partial charge in [-0.15, -0.1) is 0 Å². The van der Waals surface area contributed by atoms with Crippen molar-refractivity contribution >= 4 is 0 Å².